The van der Waals surface area contributed by atoms with Crippen molar-refractivity contribution in [2.45, 2.75) is 58.4 Å². The van der Waals surface area contributed by atoms with Crippen LogP contribution in [0.25, 0.3) is 11.3 Å². The summed E-state index contributed by atoms with van der Waals surface area (Å²) in [5.41, 5.74) is 4.34. The number of hydrogen-bond donors (Lipinski definition) is 0. The number of aromatic nitrogens is 3. The molecule has 3 heterocycles. The number of amides is 1. The standard InChI is InChI=1S/C25H30Cl2N4O2Si/c1-16-12-28-23(27)29-22(16)18-11-20-14-31(24(32)30(20)13-18)21(17-8-7-9-19(26)10-17)15-33-34(5,6)25(2,3)4/h7-13,21H,14-15H2,1-6H3/t21-/m1/s1. The van der Waals surface area contributed by atoms with Gasteiger partial charge in [0.2, 0.25) is 5.28 Å². The molecule has 1 aliphatic heterocycles. The highest BCUT2D eigenvalue weighted by Crippen LogP contribution is 2.39. The number of fused-ring (bicyclic) bond motifs is 1. The van der Waals surface area contributed by atoms with E-state index in [2.05, 4.69) is 43.8 Å². The fourth-order valence-corrected chi connectivity index (χ4v) is 5.20. The van der Waals surface area contributed by atoms with Crippen LogP contribution >= 0.6 is 23.2 Å². The van der Waals surface area contributed by atoms with Crippen molar-refractivity contribution < 1.29 is 9.22 Å². The summed E-state index contributed by atoms with van der Waals surface area (Å²) in [6.45, 7) is 13.9. The Morgan fingerprint density at radius 1 is 1.21 bits per heavy atom. The van der Waals surface area contributed by atoms with Gasteiger partial charge in [0.25, 0.3) is 0 Å². The zero-order chi connectivity index (χ0) is 24.8. The van der Waals surface area contributed by atoms with Crippen LogP contribution < -0.4 is 0 Å². The minimum atomic E-state index is -2.02. The SMILES string of the molecule is Cc1cnc(Cl)nc1-c1cc2n(c1)C(=O)N([C@H](CO[Si](C)(C)C(C)(C)C)c1cccc(Cl)c1)C2. The van der Waals surface area contributed by atoms with E-state index in [1.54, 1.807) is 10.8 Å². The van der Waals surface area contributed by atoms with Gasteiger partial charge in [-0.05, 0) is 66.0 Å². The van der Waals surface area contributed by atoms with Crippen molar-refractivity contribution in [1.29, 1.82) is 0 Å². The van der Waals surface area contributed by atoms with Crippen molar-refractivity contribution >= 4 is 37.6 Å². The molecule has 1 aliphatic rings. The van der Waals surface area contributed by atoms with E-state index < -0.39 is 8.32 Å². The molecule has 0 aliphatic carbocycles. The summed E-state index contributed by atoms with van der Waals surface area (Å²) in [5, 5.41) is 0.890. The van der Waals surface area contributed by atoms with Crippen LogP contribution in [0.5, 0.6) is 0 Å². The van der Waals surface area contributed by atoms with Gasteiger partial charge < -0.3 is 9.33 Å². The maximum atomic E-state index is 13.6. The van der Waals surface area contributed by atoms with Crippen LogP contribution in [0.3, 0.4) is 0 Å². The first-order valence-corrected chi connectivity index (χ1v) is 14.9. The number of halogens is 2. The minimum absolute atomic E-state index is 0.0672. The highest BCUT2D eigenvalue weighted by atomic mass is 35.5. The van der Waals surface area contributed by atoms with Gasteiger partial charge in [-0.25, -0.2) is 14.8 Å². The van der Waals surface area contributed by atoms with Crippen LogP contribution in [0, 0.1) is 6.92 Å². The topological polar surface area (TPSA) is 60.2 Å². The largest absolute Gasteiger partial charge is 0.414 e. The molecule has 6 nitrogen and oxygen atoms in total. The molecule has 4 rings (SSSR count). The molecule has 9 heteroatoms. The molecule has 0 saturated heterocycles. The van der Waals surface area contributed by atoms with Crippen LogP contribution in [0.2, 0.25) is 28.4 Å². The van der Waals surface area contributed by atoms with Crippen molar-refractivity contribution in [2.24, 2.45) is 0 Å². The van der Waals surface area contributed by atoms with Gasteiger partial charge in [-0.2, -0.15) is 0 Å². The van der Waals surface area contributed by atoms with E-state index in [0.29, 0.717) is 18.2 Å². The van der Waals surface area contributed by atoms with Crippen molar-refractivity contribution in [3.05, 3.63) is 69.9 Å². The molecule has 0 fully saturated rings. The van der Waals surface area contributed by atoms with E-state index in [9.17, 15) is 4.79 Å². The molecule has 0 unspecified atom stereocenters. The average Bonchev–Trinajstić information content (AvgIpc) is 3.29. The molecule has 1 amide bonds. The van der Waals surface area contributed by atoms with Crippen molar-refractivity contribution in [3.63, 3.8) is 0 Å². The number of carbonyl (C=O) groups excluding carboxylic acids is 1. The quantitative estimate of drug-likeness (QED) is 0.258. The van der Waals surface area contributed by atoms with Gasteiger partial charge in [-0.15, -0.1) is 0 Å². The lowest BCUT2D eigenvalue weighted by Crippen LogP contribution is -2.44. The lowest BCUT2D eigenvalue weighted by Gasteiger charge is -2.38. The molecule has 3 aromatic rings. The Balaban J connectivity index is 1.64. The second-order valence-corrected chi connectivity index (χ2v) is 15.9. The third-order valence-corrected chi connectivity index (χ3v) is 11.8. The number of aryl methyl sites for hydroxylation is 1. The summed E-state index contributed by atoms with van der Waals surface area (Å²) in [6, 6.07) is 9.32. The van der Waals surface area contributed by atoms with Gasteiger partial charge in [-0.1, -0.05) is 44.5 Å². The summed E-state index contributed by atoms with van der Waals surface area (Å²) in [7, 11) is -2.02. The molecule has 180 valence electrons. The monoisotopic (exact) mass is 516 g/mol. The Bertz CT molecular complexity index is 1240. The van der Waals surface area contributed by atoms with Crippen LogP contribution in [-0.2, 0) is 11.0 Å². The zero-order valence-corrected chi connectivity index (χ0v) is 22.9. The highest BCUT2D eigenvalue weighted by Gasteiger charge is 2.40. The fourth-order valence-electron chi connectivity index (χ4n) is 3.86. The number of carbonyl (C=O) groups is 1. The summed E-state index contributed by atoms with van der Waals surface area (Å²) in [4.78, 5) is 23.8. The van der Waals surface area contributed by atoms with Gasteiger partial charge in [0, 0.05) is 28.7 Å². The lowest BCUT2D eigenvalue weighted by molar-refractivity contribution is 0.144. The zero-order valence-electron chi connectivity index (χ0n) is 20.4. The van der Waals surface area contributed by atoms with Gasteiger partial charge >= 0.3 is 6.03 Å². The Morgan fingerprint density at radius 3 is 2.59 bits per heavy atom. The van der Waals surface area contributed by atoms with Crippen molar-refractivity contribution in [3.8, 4) is 11.3 Å². The van der Waals surface area contributed by atoms with E-state index in [-0.39, 0.29) is 22.4 Å². The maximum Gasteiger partial charge on any atom is 0.329 e. The Hall–Kier alpha value is -2.19. The smallest absolute Gasteiger partial charge is 0.329 e. The van der Waals surface area contributed by atoms with Gasteiger partial charge in [-0.3, -0.25) is 4.57 Å². The molecule has 0 radical (unpaired) electrons. The molecule has 0 spiro atoms. The molecule has 0 N–H and O–H groups in total. The molecule has 34 heavy (non-hydrogen) atoms. The van der Waals surface area contributed by atoms with E-state index in [1.807, 2.05) is 48.4 Å². The molecule has 1 atom stereocenters. The number of hydrogen-bond acceptors (Lipinski definition) is 4. The highest BCUT2D eigenvalue weighted by molar-refractivity contribution is 6.74. The first-order chi connectivity index (χ1) is 15.9. The van der Waals surface area contributed by atoms with Crippen LogP contribution in [0.15, 0.2) is 42.7 Å². The molecule has 0 bridgehead atoms. The summed E-state index contributed by atoms with van der Waals surface area (Å²) >= 11 is 12.3. The summed E-state index contributed by atoms with van der Waals surface area (Å²) in [5.74, 6) is 0. The van der Waals surface area contributed by atoms with Crippen LogP contribution in [-0.4, -0.2) is 40.4 Å². The number of rotatable bonds is 6. The molecule has 2 aromatic heterocycles. The second kappa shape index (κ2) is 9.11. The molecular formula is C25H30Cl2N4O2Si. The van der Waals surface area contributed by atoms with Crippen molar-refractivity contribution in [1.82, 2.24) is 19.4 Å². The first-order valence-electron chi connectivity index (χ1n) is 11.3. The minimum Gasteiger partial charge on any atom is -0.414 e. The number of benzene rings is 1. The van der Waals surface area contributed by atoms with E-state index >= 15 is 0 Å². The number of nitrogens with zero attached hydrogens (tertiary/aromatic N) is 4. The normalized spacial score (nSPS) is 15.1. The van der Waals surface area contributed by atoms with Crippen LogP contribution in [0.4, 0.5) is 4.79 Å². The van der Waals surface area contributed by atoms with Crippen molar-refractivity contribution in [2.75, 3.05) is 6.61 Å². The Labute approximate surface area is 212 Å². The second-order valence-electron chi connectivity index (χ2n) is 10.3. The summed E-state index contributed by atoms with van der Waals surface area (Å²) in [6.07, 6.45) is 3.52. The van der Waals surface area contributed by atoms with E-state index in [1.165, 1.54) is 0 Å². The first kappa shape index (κ1) is 24.9. The third-order valence-electron chi connectivity index (χ3n) is 6.92. The van der Waals surface area contributed by atoms with E-state index in [4.69, 9.17) is 27.6 Å². The van der Waals surface area contributed by atoms with Gasteiger partial charge in [0.1, 0.15) is 0 Å². The lowest BCUT2D eigenvalue weighted by atomic mass is 10.1. The van der Waals surface area contributed by atoms with E-state index in [0.717, 1.165) is 28.1 Å². The predicted molar refractivity (Wildman–Crippen MR) is 139 cm³/mol. The fraction of sp³-hybridized carbons (Fsp3) is 0.400. The van der Waals surface area contributed by atoms with Gasteiger partial charge in [0.05, 0.1) is 24.9 Å². The molecule has 1 aromatic carbocycles. The Kier molecular flexibility index (Phi) is 6.68. The third kappa shape index (κ3) is 4.80. The Morgan fingerprint density at radius 2 is 1.94 bits per heavy atom. The predicted octanol–water partition coefficient (Wildman–Crippen LogP) is 7.11. The summed E-state index contributed by atoms with van der Waals surface area (Å²) < 4.78 is 8.26. The molecule has 0 saturated carbocycles. The average molecular weight is 518 g/mol. The maximum absolute atomic E-state index is 13.6. The van der Waals surface area contributed by atoms with Gasteiger partial charge in [0.15, 0.2) is 8.32 Å². The molecular weight excluding hydrogens is 487 g/mol. The van der Waals surface area contributed by atoms with Crippen LogP contribution in [0.1, 0.15) is 43.6 Å².